The number of hydrogen-bond acceptors (Lipinski definition) is 5. The number of aromatic hydroxyl groups is 1. The number of benzene rings is 2. The number of para-hydroxylation sites is 1. The summed E-state index contributed by atoms with van der Waals surface area (Å²) in [5, 5.41) is 13.3. The first-order valence-corrected chi connectivity index (χ1v) is 8.76. The van der Waals surface area contributed by atoms with Crippen LogP contribution in [-0.2, 0) is 4.79 Å². The highest BCUT2D eigenvalue weighted by Gasteiger charge is 2.24. The first-order valence-electron chi connectivity index (χ1n) is 7.56. The van der Waals surface area contributed by atoms with E-state index in [-0.39, 0.29) is 22.4 Å². The molecule has 0 aliphatic carbocycles. The van der Waals surface area contributed by atoms with Crippen LogP contribution in [-0.4, -0.2) is 22.8 Å². The molecule has 3 rings (SSSR count). The summed E-state index contributed by atoms with van der Waals surface area (Å²) in [4.78, 5) is 17.0. The number of aliphatic imine (C=N–C) groups is 1. The monoisotopic (exact) mass is 374 g/mol. The largest absolute Gasteiger partial charge is 0.503 e. The molecule has 128 valence electrons. The van der Waals surface area contributed by atoms with Crippen molar-refractivity contribution in [1.82, 2.24) is 5.32 Å². The van der Waals surface area contributed by atoms with Crippen molar-refractivity contribution in [2.45, 2.75) is 6.92 Å². The maximum absolute atomic E-state index is 12.1. The van der Waals surface area contributed by atoms with Crippen LogP contribution in [0.15, 0.2) is 52.4 Å². The van der Waals surface area contributed by atoms with Crippen molar-refractivity contribution in [1.29, 1.82) is 0 Å². The van der Waals surface area contributed by atoms with Crippen molar-refractivity contribution < 1.29 is 14.6 Å². The lowest BCUT2D eigenvalue weighted by molar-refractivity contribution is -0.115. The van der Waals surface area contributed by atoms with E-state index in [4.69, 9.17) is 16.3 Å². The topological polar surface area (TPSA) is 70.9 Å². The van der Waals surface area contributed by atoms with E-state index in [1.54, 1.807) is 18.2 Å². The lowest BCUT2D eigenvalue weighted by Crippen LogP contribution is -2.19. The average Bonchev–Trinajstić information content (AvgIpc) is 2.92. The molecule has 0 saturated carbocycles. The molecule has 2 aromatic carbocycles. The minimum absolute atomic E-state index is 0.111. The highest BCUT2D eigenvalue weighted by Crippen LogP contribution is 2.37. The smallest absolute Gasteiger partial charge is 0.264 e. The number of nitrogens with zero attached hydrogens (tertiary/aromatic N) is 1. The number of thioether (sulfide) groups is 1. The van der Waals surface area contributed by atoms with Crippen LogP contribution in [0.2, 0.25) is 5.02 Å². The van der Waals surface area contributed by atoms with Gasteiger partial charge >= 0.3 is 0 Å². The Balaban J connectivity index is 1.87. The lowest BCUT2D eigenvalue weighted by atomic mass is 10.2. The molecule has 1 amide bonds. The van der Waals surface area contributed by atoms with Crippen molar-refractivity contribution in [3.8, 4) is 11.5 Å². The number of carbonyl (C=O) groups excluding carboxylic acids is 1. The third-order valence-electron chi connectivity index (χ3n) is 3.29. The van der Waals surface area contributed by atoms with Gasteiger partial charge in [-0.25, -0.2) is 4.99 Å². The SMILES string of the molecule is CCOc1cc(/C=C2/SC(=Nc3ccccc3)NC2=O)cc(Cl)c1O. The quantitative estimate of drug-likeness (QED) is 0.781. The van der Waals surface area contributed by atoms with Gasteiger partial charge < -0.3 is 15.2 Å². The van der Waals surface area contributed by atoms with Crippen LogP contribution in [0.5, 0.6) is 11.5 Å². The van der Waals surface area contributed by atoms with Crippen LogP contribution in [0.3, 0.4) is 0 Å². The van der Waals surface area contributed by atoms with E-state index in [1.807, 2.05) is 37.3 Å². The Morgan fingerprint density at radius 3 is 2.80 bits per heavy atom. The summed E-state index contributed by atoms with van der Waals surface area (Å²) in [6, 6.07) is 12.6. The molecule has 0 radical (unpaired) electrons. The lowest BCUT2D eigenvalue weighted by Gasteiger charge is -2.08. The molecule has 0 aromatic heterocycles. The number of nitrogens with one attached hydrogen (secondary N) is 1. The molecule has 0 spiro atoms. The second kappa shape index (κ2) is 7.63. The zero-order chi connectivity index (χ0) is 17.8. The number of hydrogen-bond donors (Lipinski definition) is 2. The standard InChI is InChI=1S/C18H15ClN2O3S/c1-2-24-14-9-11(8-13(19)16(14)22)10-15-17(23)21-18(25-15)20-12-6-4-3-5-7-12/h3-10,22H,2H2,1H3,(H,20,21,23)/b15-10+. The van der Waals surface area contributed by atoms with Crippen molar-refractivity contribution in [3.63, 3.8) is 0 Å². The summed E-state index contributed by atoms with van der Waals surface area (Å²) in [6.07, 6.45) is 1.68. The van der Waals surface area contributed by atoms with E-state index in [1.165, 1.54) is 11.8 Å². The number of ether oxygens (including phenoxy) is 1. The fraction of sp³-hybridized carbons (Fsp3) is 0.111. The third kappa shape index (κ3) is 4.15. The van der Waals surface area contributed by atoms with Gasteiger partial charge in [0, 0.05) is 0 Å². The average molecular weight is 375 g/mol. The number of amides is 1. The normalized spacial score (nSPS) is 17.1. The van der Waals surface area contributed by atoms with Crippen LogP contribution in [0, 0.1) is 0 Å². The Labute approximate surface area is 154 Å². The van der Waals surface area contributed by atoms with E-state index < -0.39 is 0 Å². The van der Waals surface area contributed by atoms with Gasteiger partial charge in [-0.3, -0.25) is 4.79 Å². The predicted molar refractivity (Wildman–Crippen MR) is 102 cm³/mol. The van der Waals surface area contributed by atoms with Crippen molar-refractivity contribution >= 4 is 46.2 Å². The summed E-state index contributed by atoms with van der Waals surface area (Å²) in [6.45, 7) is 2.21. The molecule has 0 unspecified atom stereocenters. The number of amidine groups is 1. The summed E-state index contributed by atoms with van der Waals surface area (Å²) < 4.78 is 5.35. The van der Waals surface area contributed by atoms with Gasteiger partial charge in [0.2, 0.25) is 0 Å². The van der Waals surface area contributed by atoms with E-state index >= 15 is 0 Å². The molecule has 2 aromatic rings. The Hall–Kier alpha value is -2.44. The molecule has 1 heterocycles. The zero-order valence-electron chi connectivity index (χ0n) is 13.3. The fourth-order valence-electron chi connectivity index (χ4n) is 2.19. The Morgan fingerprint density at radius 1 is 1.32 bits per heavy atom. The molecule has 25 heavy (non-hydrogen) atoms. The van der Waals surface area contributed by atoms with E-state index in [0.29, 0.717) is 22.2 Å². The van der Waals surface area contributed by atoms with E-state index in [9.17, 15) is 9.90 Å². The third-order valence-corrected chi connectivity index (χ3v) is 4.48. The molecule has 2 N–H and O–H groups in total. The van der Waals surface area contributed by atoms with Crippen molar-refractivity contribution in [2.24, 2.45) is 4.99 Å². The van der Waals surface area contributed by atoms with Crippen LogP contribution >= 0.6 is 23.4 Å². The van der Waals surface area contributed by atoms with Gasteiger partial charge in [0.1, 0.15) is 0 Å². The molecule has 7 heteroatoms. The second-order valence-electron chi connectivity index (χ2n) is 5.10. The maximum Gasteiger partial charge on any atom is 0.264 e. The molecular formula is C18H15ClN2O3S. The number of phenols is 1. The molecule has 1 aliphatic heterocycles. The van der Waals surface area contributed by atoms with Gasteiger partial charge in [0.15, 0.2) is 16.7 Å². The second-order valence-corrected chi connectivity index (χ2v) is 6.54. The molecular weight excluding hydrogens is 360 g/mol. The van der Waals surface area contributed by atoms with Gasteiger partial charge in [-0.15, -0.1) is 0 Å². The summed E-state index contributed by atoms with van der Waals surface area (Å²) in [5.41, 5.74) is 1.42. The fourth-order valence-corrected chi connectivity index (χ4v) is 3.26. The van der Waals surface area contributed by atoms with Crippen molar-refractivity contribution in [2.75, 3.05) is 6.61 Å². The van der Waals surface area contributed by atoms with Crippen LogP contribution in [0.1, 0.15) is 12.5 Å². The highest BCUT2D eigenvalue weighted by molar-refractivity contribution is 8.18. The zero-order valence-corrected chi connectivity index (χ0v) is 14.9. The van der Waals surface area contributed by atoms with E-state index in [2.05, 4.69) is 10.3 Å². The molecule has 0 atom stereocenters. The summed E-state index contributed by atoms with van der Waals surface area (Å²) in [7, 11) is 0. The minimum Gasteiger partial charge on any atom is -0.503 e. The molecule has 1 aliphatic rings. The summed E-state index contributed by atoms with van der Waals surface area (Å²) in [5.74, 6) is -0.0641. The minimum atomic E-state index is -0.234. The van der Waals surface area contributed by atoms with Crippen LogP contribution in [0.25, 0.3) is 6.08 Å². The molecule has 0 bridgehead atoms. The van der Waals surface area contributed by atoms with Crippen molar-refractivity contribution in [3.05, 3.63) is 58.0 Å². The van der Waals surface area contributed by atoms with Gasteiger partial charge in [-0.1, -0.05) is 29.8 Å². The van der Waals surface area contributed by atoms with E-state index in [0.717, 1.165) is 5.69 Å². The van der Waals surface area contributed by atoms with Gasteiger partial charge in [0.25, 0.3) is 5.91 Å². The van der Waals surface area contributed by atoms with Gasteiger partial charge in [-0.05, 0) is 54.6 Å². The Kier molecular flexibility index (Phi) is 5.31. The van der Waals surface area contributed by atoms with Gasteiger partial charge in [0.05, 0.1) is 22.2 Å². The van der Waals surface area contributed by atoms with Gasteiger partial charge in [-0.2, -0.15) is 0 Å². The Bertz CT molecular complexity index is 866. The number of halogens is 1. The highest BCUT2D eigenvalue weighted by atomic mass is 35.5. The predicted octanol–water partition coefficient (Wildman–Crippen LogP) is 4.34. The maximum atomic E-state index is 12.1. The number of rotatable bonds is 4. The van der Waals surface area contributed by atoms with Crippen LogP contribution in [0.4, 0.5) is 5.69 Å². The number of carbonyl (C=O) groups is 1. The first-order chi connectivity index (χ1) is 12.1. The molecule has 5 nitrogen and oxygen atoms in total. The molecule has 1 saturated heterocycles. The number of phenolic OH excluding ortho intramolecular Hbond substituents is 1. The Morgan fingerprint density at radius 2 is 2.08 bits per heavy atom. The molecule has 1 fully saturated rings. The first kappa shape index (κ1) is 17.4. The van der Waals surface area contributed by atoms with Crippen LogP contribution < -0.4 is 10.1 Å². The summed E-state index contributed by atoms with van der Waals surface area (Å²) >= 11 is 7.26.